The molecule has 0 atom stereocenters. The summed E-state index contributed by atoms with van der Waals surface area (Å²) in [5.74, 6) is -0.0398. The minimum atomic E-state index is -4.17. The molecule has 4 rings (SSSR count). The van der Waals surface area contributed by atoms with E-state index in [-0.39, 0.29) is 22.1 Å². The van der Waals surface area contributed by atoms with Crippen molar-refractivity contribution in [3.63, 3.8) is 0 Å². The maximum atomic E-state index is 13.7. The molecule has 0 aliphatic rings. The zero-order chi connectivity index (χ0) is 27.3. The van der Waals surface area contributed by atoms with E-state index in [9.17, 15) is 18.3 Å². The van der Waals surface area contributed by atoms with Gasteiger partial charge < -0.3 is 14.6 Å². The fourth-order valence-electron chi connectivity index (χ4n) is 3.88. The van der Waals surface area contributed by atoms with Gasteiger partial charge in [0.05, 0.1) is 31.0 Å². The first-order valence-corrected chi connectivity index (χ1v) is 13.0. The van der Waals surface area contributed by atoms with Gasteiger partial charge in [-0.25, -0.2) is 13.8 Å². The highest BCUT2D eigenvalue weighted by Crippen LogP contribution is 2.35. The largest absolute Gasteiger partial charge is 0.507 e. The van der Waals surface area contributed by atoms with Gasteiger partial charge in [0, 0.05) is 11.6 Å². The number of aryl methyl sites for hydroxylation is 1. The van der Waals surface area contributed by atoms with Crippen molar-refractivity contribution in [3.8, 4) is 17.2 Å². The summed E-state index contributed by atoms with van der Waals surface area (Å²) in [7, 11) is -1.29. The molecule has 0 saturated heterocycles. The number of fused-ring (bicyclic) bond motifs is 1. The summed E-state index contributed by atoms with van der Waals surface area (Å²) in [6.45, 7) is 1.26. The highest BCUT2D eigenvalue weighted by Gasteiger charge is 2.29. The van der Waals surface area contributed by atoms with Gasteiger partial charge in [0.1, 0.15) is 23.8 Å². The molecular weight excluding hydrogens is 506 g/mol. The number of carbonyl (C=O) groups is 1. The predicted octanol–water partition coefficient (Wildman–Crippen LogP) is 4.22. The second kappa shape index (κ2) is 11.2. The number of carbonyl (C=O) groups excluding carboxylic acids is 1. The third kappa shape index (κ3) is 5.55. The van der Waals surface area contributed by atoms with E-state index in [2.05, 4.69) is 10.5 Å². The van der Waals surface area contributed by atoms with Gasteiger partial charge in [-0.1, -0.05) is 48.0 Å². The number of ether oxygens (including phenoxy) is 2. The van der Waals surface area contributed by atoms with E-state index in [0.717, 1.165) is 20.6 Å². The van der Waals surface area contributed by atoms with Gasteiger partial charge in [-0.05, 0) is 48.0 Å². The van der Waals surface area contributed by atoms with Crippen molar-refractivity contribution in [2.45, 2.75) is 11.8 Å². The van der Waals surface area contributed by atoms with E-state index < -0.39 is 22.5 Å². The highest BCUT2D eigenvalue weighted by molar-refractivity contribution is 7.92. The number of hydrazone groups is 1. The average Bonchev–Trinajstić information content (AvgIpc) is 2.92. The van der Waals surface area contributed by atoms with Gasteiger partial charge in [-0.15, -0.1) is 0 Å². The number of phenolic OH excluding ortho intramolecular Hbond substituents is 1. The maximum Gasteiger partial charge on any atom is 0.264 e. The molecule has 0 heterocycles. The normalized spacial score (nSPS) is 11.4. The van der Waals surface area contributed by atoms with E-state index >= 15 is 0 Å². The SMILES string of the molecule is COc1ccc(N(CC(=O)N/N=C\c2c(O)ccc3ccccc23)S(=O)(=O)c2ccc(C)cc2)c(OC)c1. The molecule has 0 saturated carbocycles. The van der Waals surface area contributed by atoms with E-state index in [4.69, 9.17) is 9.47 Å². The lowest BCUT2D eigenvalue weighted by atomic mass is 10.0. The molecule has 1 amide bonds. The molecular formula is C28H27N3O6S. The quantitative estimate of drug-likeness (QED) is 0.246. The molecule has 4 aromatic carbocycles. The van der Waals surface area contributed by atoms with Crippen molar-refractivity contribution in [2.75, 3.05) is 25.1 Å². The lowest BCUT2D eigenvalue weighted by Gasteiger charge is -2.25. The fourth-order valence-corrected chi connectivity index (χ4v) is 5.31. The number of nitrogens with zero attached hydrogens (tertiary/aromatic N) is 2. The van der Waals surface area contributed by atoms with Crippen molar-refractivity contribution in [1.82, 2.24) is 5.43 Å². The molecule has 9 nitrogen and oxygen atoms in total. The highest BCUT2D eigenvalue weighted by atomic mass is 32.2. The van der Waals surface area contributed by atoms with Gasteiger partial charge in [-0.3, -0.25) is 9.10 Å². The van der Waals surface area contributed by atoms with Gasteiger partial charge in [0.2, 0.25) is 0 Å². The van der Waals surface area contributed by atoms with Crippen molar-refractivity contribution in [3.05, 3.63) is 90.0 Å². The average molecular weight is 534 g/mol. The summed E-state index contributed by atoms with van der Waals surface area (Å²) in [4.78, 5) is 13.0. The number of hydrogen-bond donors (Lipinski definition) is 2. The number of amides is 1. The van der Waals surface area contributed by atoms with Crippen molar-refractivity contribution < 1.29 is 27.8 Å². The molecule has 0 aromatic heterocycles. The van der Waals surface area contributed by atoms with Crippen molar-refractivity contribution >= 4 is 38.6 Å². The van der Waals surface area contributed by atoms with Crippen molar-refractivity contribution in [1.29, 1.82) is 0 Å². The molecule has 0 radical (unpaired) electrons. The van der Waals surface area contributed by atoms with Crippen LogP contribution in [0.15, 0.2) is 88.9 Å². The van der Waals surface area contributed by atoms with Gasteiger partial charge in [-0.2, -0.15) is 5.10 Å². The number of sulfonamides is 1. The first kappa shape index (κ1) is 26.5. The molecule has 4 aromatic rings. The summed E-state index contributed by atoms with van der Waals surface area (Å²) in [5.41, 5.74) is 3.83. The lowest BCUT2D eigenvalue weighted by molar-refractivity contribution is -0.119. The number of anilines is 1. The Morgan fingerprint density at radius 3 is 2.45 bits per heavy atom. The van der Waals surface area contributed by atoms with Crippen molar-refractivity contribution in [2.24, 2.45) is 5.10 Å². The topological polar surface area (TPSA) is 118 Å². The molecule has 0 aliphatic carbocycles. The third-order valence-electron chi connectivity index (χ3n) is 5.88. The zero-order valence-electron chi connectivity index (χ0n) is 21.1. The van der Waals surface area contributed by atoms with E-state index in [0.29, 0.717) is 11.3 Å². The molecule has 38 heavy (non-hydrogen) atoms. The smallest absolute Gasteiger partial charge is 0.264 e. The van der Waals surface area contributed by atoms with Crippen LogP contribution in [0.5, 0.6) is 17.2 Å². The number of hydrogen-bond acceptors (Lipinski definition) is 7. The van der Waals surface area contributed by atoms with Crippen LogP contribution in [-0.2, 0) is 14.8 Å². The van der Waals surface area contributed by atoms with Crippen LogP contribution < -0.4 is 19.2 Å². The molecule has 10 heteroatoms. The second-order valence-electron chi connectivity index (χ2n) is 8.38. The molecule has 0 aliphatic heterocycles. The number of nitrogens with one attached hydrogen (secondary N) is 1. The molecule has 0 spiro atoms. The van der Waals surface area contributed by atoms with Crippen LogP contribution in [0, 0.1) is 6.92 Å². The second-order valence-corrected chi connectivity index (χ2v) is 10.2. The Bertz CT molecular complexity index is 1600. The van der Waals surface area contributed by atoms with Gasteiger partial charge in [0.25, 0.3) is 15.9 Å². The monoisotopic (exact) mass is 533 g/mol. The molecule has 196 valence electrons. The Kier molecular flexibility index (Phi) is 7.82. The van der Waals surface area contributed by atoms with Crippen LogP contribution in [-0.4, -0.2) is 46.4 Å². The molecule has 0 bridgehead atoms. The van der Waals surface area contributed by atoms with Gasteiger partial charge >= 0.3 is 0 Å². The summed E-state index contributed by atoms with van der Waals surface area (Å²) in [6, 6.07) is 21.7. The first-order chi connectivity index (χ1) is 18.2. The Morgan fingerprint density at radius 2 is 1.74 bits per heavy atom. The Hall–Kier alpha value is -4.57. The Balaban J connectivity index is 1.66. The molecule has 2 N–H and O–H groups in total. The summed E-state index contributed by atoms with van der Waals surface area (Å²) in [5, 5.41) is 15.9. The first-order valence-electron chi connectivity index (χ1n) is 11.6. The summed E-state index contributed by atoms with van der Waals surface area (Å²) < 4.78 is 38.9. The number of aromatic hydroxyl groups is 1. The third-order valence-corrected chi connectivity index (χ3v) is 7.66. The van der Waals surface area contributed by atoms with Crippen LogP contribution in [0.2, 0.25) is 0 Å². The van der Waals surface area contributed by atoms with Crippen LogP contribution in [0.1, 0.15) is 11.1 Å². The van der Waals surface area contributed by atoms with Crippen LogP contribution >= 0.6 is 0 Å². The predicted molar refractivity (Wildman–Crippen MR) is 147 cm³/mol. The zero-order valence-corrected chi connectivity index (χ0v) is 21.9. The van der Waals surface area contributed by atoms with Crippen LogP contribution in [0.25, 0.3) is 10.8 Å². The number of phenols is 1. The van der Waals surface area contributed by atoms with Gasteiger partial charge in [0.15, 0.2) is 0 Å². The fraction of sp³-hybridized carbons (Fsp3) is 0.143. The minimum absolute atomic E-state index is 0.00626. The van der Waals surface area contributed by atoms with E-state index in [1.54, 1.807) is 24.3 Å². The number of rotatable bonds is 9. The van der Waals surface area contributed by atoms with Crippen LogP contribution in [0.3, 0.4) is 0 Å². The Labute approximate surface area is 221 Å². The molecule has 0 fully saturated rings. The Morgan fingerprint density at radius 1 is 1.00 bits per heavy atom. The lowest BCUT2D eigenvalue weighted by Crippen LogP contribution is -2.39. The molecule has 0 unspecified atom stereocenters. The summed E-state index contributed by atoms with van der Waals surface area (Å²) in [6.07, 6.45) is 1.32. The minimum Gasteiger partial charge on any atom is -0.507 e. The van der Waals surface area contributed by atoms with E-state index in [1.807, 2.05) is 31.2 Å². The van der Waals surface area contributed by atoms with Crippen LogP contribution in [0.4, 0.5) is 5.69 Å². The number of methoxy groups -OCH3 is 2. The summed E-state index contributed by atoms with van der Waals surface area (Å²) >= 11 is 0. The maximum absolute atomic E-state index is 13.7. The van der Waals surface area contributed by atoms with E-state index in [1.165, 1.54) is 50.8 Å². The number of benzene rings is 4. The standard InChI is InChI=1S/C28H27N3O6S/c1-19-8-12-22(13-9-19)38(34,35)31(25-14-11-21(36-2)16-27(25)37-3)18-28(33)30-29-17-24-23-7-5-4-6-20(23)10-15-26(24)32/h4-17,32H,18H2,1-3H3,(H,30,33)/b29-17-.